The highest BCUT2D eigenvalue weighted by Gasteiger charge is 2.23. The van der Waals surface area contributed by atoms with E-state index in [-0.39, 0.29) is 24.6 Å². The first-order valence-electron chi connectivity index (χ1n) is 10.6. The van der Waals surface area contributed by atoms with Crippen molar-refractivity contribution in [2.45, 2.75) is 19.4 Å². The van der Waals surface area contributed by atoms with Crippen LogP contribution in [0, 0.1) is 5.82 Å². The zero-order valence-electron chi connectivity index (χ0n) is 17.5. The summed E-state index contributed by atoms with van der Waals surface area (Å²) in [6, 6.07) is 9.46. The number of hydrogen-bond acceptors (Lipinski definition) is 8. The highest BCUT2D eigenvalue weighted by atomic mass is 19.1. The summed E-state index contributed by atoms with van der Waals surface area (Å²) in [5, 5.41) is 7.95. The zero-order chi connectivity index (χ0) is 21.8. The minimum atomic E-state index is -0.386. The molecule has 2 aromatic carbocycles. The van der Waals surface area contributed by atoms with Gasteiger partial charge in [-0.1, -0.05) is 6.07 Å². The minimum Gasteiger partial charge on any atom is -0.454 e. The number of fused-ring (bicyclic) bond motifs is 4. The summed E-state index contributed by atoms with van der Waals surface area (Å²) < 4.78 is 27.8. The normalized spacial score (nSPS) is 18.1. The first kappa shape index (κ1) is 19.1. The molecular weight excluding hydrogens is 413 g/mol. The van der Waals surface area contributed by atoms with Crippen LogP contribution in [0.25, 0.3) is 16.6 Å². The third-order valence-corrected chi connectivity index (χ3v) is 6.03. The van der Waals surface area contributed by atoms with Crippen LogP contribution < -0.4 is 25.4 Å². The first-order valence-corrected chi connectivity index (χ1v) is 10.6. The number of anilines is 2. The molecule has 1 unspecified atom stereocenters. The SMILES string of the molecule is CC1CNCCN1c1cc(F)c2c(c1)nc(Cc1ccc3c(c1)OCO3)n1nc(N)nc21. The Hall–Kier alpha value is -3.66. The number of halogens is 1. The predicted molar refractivity (Wildman–Crippen MR) is 118 cm³/mol. The smallest absolute Gasteiger partial charge is 0.240 e. The van der Waals surface area contributed by atoms with Gasteiger partial charge in [-0.2, -0.15) is 9.50 Å². The van der Waals surface area contributed by atoms with E-state index in [0.717, 1.165) is 30.9 Å². The lowest BCUT2D eigenvalue weighted by atomic mass is 10.1. The number of ether oxygens (including phenoxy) is 2. The molecule has 0 radical (unpaired) electrons. The number of nitrogen functional groups attached to an aromatic ring is 1. The topological polar surface area (TPSA) is 103 Å². The molecule has 0 amide bonds. The summed E-state index contributed by atoms with van der Waals surface area (Å²) in [6.45, 7) is 4.84. The Bertz CT molecular complexity index is 1360. The first-order chi connectivity index (χ1) is 15.6. The summed E-state index contributed by atoms with van der Waals surface area (Å²) in [7, 11) is 0. The molecule has 4 heterocycles. The standard InChI is InChI=1S/C22H22FN7O2/c1-12-10-25-4-5-29(12)14-8-15(23)20-16(9-14)26-19(30-21(20)27-22(24)28-30)7-13-2-3-17-18(6-13)32-11-31-17/h2-3,6,8-9,12,25H,4-5,7,10-11H2,1H3,(H2,24,28). The number of piperazine rings is 1. The van der Waals surface area contributed by atoms with E-state index in [2.05, 4.69) is 27.2 Å². The average molecular weight is 435 g/mol. The molecule has 1 saturated heterocycles. The zero-order valence-corrected chi connectivity index (χ0v) is 17.5. The fourth-order valence-corrected chi connectivity index (χ4v) is 4.48. The molecule has 2 aliphatic heterocycles. The van der Waals surface area contributed by atoms with Gasteiger partial charge < -0.3 is 25.4 Å². The molecule has 32 heavy (non-hydrogen) atoms. The van der Waals surface area contributed by atoms with Gasteiger partial charge >= 0.3 is 0 Å². The molecule has 3 N–H and O–H groups in total. The quantitative estimate of drug-likeness (QED) is 0.505. The second-order valence-electron chi connectivity index (χ2n) is 8.17. The maximum atomic E-state index is 15.3. The van der Waals surface area contributed by atoms with Crippen molar-refractivity contribution in [3.05, 3.63) is 47.5 Å². The highest BCUT2D eigenvalue weighted by molar-refractivity contribution is 5.94. The molecular formula is C22H22FN7O2. The third-order valence-electron chi connectivity index (χ3n) is 6.03. The molecule has 0 saturated carbocycles. The van der Waals surface area contributed by atoms with E-state index < -0.39 is 0 Å². The van der Waals surface area contributed by atoms with E-state index >= 15 is 4.39 Å². The van der Waals surface area contributed by atoms with Crippen molar-refractivity contribution < 1.29 is 13.9 Å². The predicted octanol–water partition coefficient (Wildman–Crippen LogP) is 2.12. The van der Waals surface area contributed by atoms with Crippen molar-refractivity contribution in [1.82, 2.24) is 24.9 Å². The van der Waals surface area contributed by atoms with E-state index in [1.165, 1.54) is 4.52 Å². The van der Waals surface area contributed by atoms with Gasteiger partial charge in [-0.15, -0.1) is 5.10 Å². The van der Waals surface area contributed by atoms with Crippen molar-refractivity contribution in [3.8, 4) is 11.5 Å². The van der Waals surface area contributed by atoms with E-state index in [1.807, 2.05) is 24.3 Å². The number of rotatable bonds is 3. The maximum Gasteiger partial charge on any atom is 0.240 e. The number of benzene rings is 2. The highest BCUT2D eigenvalue weighted by Crippen LogP contribution is 2.34. The lowest BCUT2D eigenvalue weighted by Gasteiger charge is -2.36. The van der Waals surface area contributed by atoms with E-state index in [0.29, 0.717) is 40.3 Å². The molecule has 2 aromatic heterocycles. The monoisotopic (exact) mass is 435 g/mol. The number of nitrogens with two attached hydrogens (primary N) is 1. The lowest BCUT2D eigenvalue weighted by Crippen LogP contribution is -2.49. The van der Waals surface area contributed by atoms with Gasteiger partial charge in [0.2, 0.25) is 12.7 Å². The second kappa shape index (κ2) is 7.20. The Labute approximate surface area is 183 Å². The summed E-state index contributed by atoms with van der Waals surface area (Å²) in [6.07, 6.45) is 0.446. The molecule has 164 valence electrons. The van der Waals surface area contributed by atoms with Crippen LogP contribution in [-0.2, 0) is 6.42 Å². The van der Waals surface area contributed by atoms with Crippen LogP contribution in [0.1, 0.15) is 18.3 Å². The molecule has 10 heteroatoms. The summed E-state index contributed by atoms with van der Waals surface area (Å²) in [4.78, 5) is 11.3. The van der Waals surface area contributed by atoms with Gasteiger partial charge in [-0.25, -0.2) is 9.37 Å². The molecule has 2 aliphatic rings. The van der Waals surface area contributed by atoms with Gasteiger partial charge in [0, 0.05) is 37.8 Å². The minimum absolute atomic E-state index is 0.0745. The van der Waals surface area contributed by atoms with Crippen molar-refractivity contribution in [3.63, 3.8) is 0 Å². The van der Waals surface area contributed by atoms with Crippen molar-refractivity contribution in [2.24, 2.45) is 0 Å². The molecule has 6 rings (SSSR count). The van der Waals surface area contributed by atoms with Gasteiger partial charge in [-0.3, -0.25) is 0 Å². The van der Waals surface area contributed by atoms with Gasteiger partial charge in [-0.05, 0) is 36.8 Å². The molecule has 0 spiro atoms. The van der Waals surface area contributed by atoms with Crippen LogP contribution in [0.15, 0.2) is 30.3 Å². The molecule has 1 fully saturated rings. The Balaban J connectivity index is 1.49. The Morgan fingerprint density at radius 3 is 2.94 bits per heavy atom. The molecule has 0 bridgehead atoms. The summed E-state index contributed by atoms with van der Waals surface area (Å²) >= 11 is 0. The van der Waals surface area contributed by atoms with E-state index in [9.17, 15) is 0 Å². The Morgan fingerprint density at radius 1 is 1.19 bits per heavy atom. The van der Waals surface area contributed by atoms with Gasteiger partial charge in [0.25, 0.3) is 0 Å². The Morgan fingerprint density at radius 2 is 2.06 bits per heavy atom. The number of aromatic nitrogens is 4. The van der Waals surface area contributed by atoms with Crippen LogP contribution >= 0.6 is 0 Å². The third kappa shape index (κ3) is 3.06. The fraction of sp³-hybridized carbons (Fsp3) is 0.318. The van der Waals surface area contributed by atoms with Crippen molar-refractivity contribution >= 4 is 28.2 Å². The van der Waals surface area contributed by atoms with Crippen LogP contribution in [0.4, 0.5) is 16.0 Å². The molecule has 0 aliphatic carbocycles. The summed E-state index contributed by atoms with van der Waals surface area (Å²) in [5.41, 5.74) is 8.55. The molecule has 9 nitrogen and oxygen atoms in total. The van der Waals surface area contributed by atoms with Gasteiger partial charge in [0.05, 0.1) is 10.9 Å². The maximum absolute atomic E-state index is 15.3. The summed E-state index contributed by atoms with van der Waals surface area (Å²) in [5.74, 6) is 1.71. The number of nitrogens with one attached hydrogen (secondary N) is 1. The van der Waals surface area contributed by atoms with Crippen molar-refractivity contribution in [2.75, 3.05) is 37.1 Å². The Kier molecular flexibility index (Phi) is 4.29. The van der Waals surface area contributed by atoms with Crippen molar-refractivity contribution in [1.29, 1.82) is 0 Å². The van der Waals surface area contributed by atoms with Crippen LogP contribution in [0.5, 0.6) is 11.5 Å². The van der Waals surface area contributed by atoms with Gasteiger partial charge in [0.1, 0.15) is 11.6 Å². The second-order valence-corrected chi connectivity index (χ2v) is 8.17. The largest absolute Gasteiger partial charge is 0.454 e. The average Bonchev–Trinajstić information content (AvgIpc) is 3.39. The van der Waals surface area contributed by atoms with Crippen LogP contribution in [-0.4, -0.2) is 52.1 Å². The molecule has 4 aromatic rings. The number of hydrogen-bond donors (Lipinski definition) is 2. The number of nitrogens with zero attached hydrogens (tertiary/aromatic N) is 5. The van der Waals surface area contributed by atoms with E-state index in [4.69, 9.17) is 20.2 Å². The lowest BCUT2D eigenvalue weighted by molar-refractivity contribution is 0.174. The van der Waals surface area contributed by atoms with E-state index in [1.54, 1.807) is 6.07 Å². The van der Waals surface area contributed by atoms with Crippen LogP contribution in [0.2, 0.25) is 0 Å². The van der Waals surface area contributed by atoms with Gasteiger partial charge in [0.15, 0.2) is 17.1 Å². The molecule has 1 atom stereocenters. The fourth-order valence-electron chi connectivity index (χ4n) is 4.48. The van der Waals surface area contributed by atoms with Crippen LogP contribution in [0.3, 0.4) is 0 Å².